The second kappa shape index (κ2) is 9.33. The first-order valence-corrected chi connectivity index (χ1v) is 11.2. The number of aromatic nitrogens is 2. The van der Waals surface area contributed by atoms with Gasteiger partial charge in [-0.3, -0.25) is 14.2 Å². The SMILES string of the molecule is Cc1ccccc1-n1c(SC(C)C(=O)Nc2c(F)cccc2F)nc2cc(Cl)ccc2c1=O. The van der Waals surface area contributed by atoms with E-state index in [2.05, 4.69) is 10.3 Å². The van der Waals surface area contributed by atoms with E-state index in [9.17, 15) is 18.4 Å². The number of para-hydroxylation sites is 2. The number of nitrogens with one attached hydrogen (secondary N) is 1. The second-order valence-corrected chi connectivity index (χ2v) is 9.07. The minimum Gasteiger partial charge on any atom is -0.320 e. The van der Waals surface area contributed by atoms with E-state index in [4.69, 9.17) is 11.6 Å². The minimum atomic E-state index is -0.879. The summed E-state index contributed by atoms with van der Waals surface area (Å²) in [7, 11) is 0. The number of halogens is 3. The highest BCUT2D eigenvalue weighted by atomic mass is 35.5. The number of fused-ring (bicyclic) bond motifs is 1. The molecule has 5 nitrogen and oxygen atoms in total. The lowest BCUT2D eigenvalue weighted by atomic mass is 10.2. The van der Waals surface area contributed by atoms with Gasteiger partial charge in [0.15, 0.2) is 5.16 Å². The first-order chi connectivity index (χ1) is 15.8. The Balaban J connectivity index is 1.77. The third-order valence-electron chi connectivity index (χ3n) is 5.02. The lowest BCUT2D eigenvalue weighted by molar-refractivity contribution is -0.115. The van der Waals surface area contributed by atoms with Crippen LogP contribution in [0.2, 0.25) is 5.02 Å². The Kier molecular flexibility index (Phi) is 6.49. The van der Waals surface area contributed by atoms with Crippen LogP contribution in [-0.4, -0.2) is 20.7 Å². The maximum absolute atomic E-state index is 14.0. The van der Waals surface area contributed by atoms with Gasteiger partial charge in [-0.25, -0.2) is 13.8 Å². The number of rotatable bonds is 5. The summed E-state index contributed by atoms with van der Waals surface area (Å²) >= 11 is 7.09. The molecule has 1 aromatic heterocycles. The van der Waals surface area contributed by atoms with E-state index in [0.29, 0.717) is 21.6 Å². The molecule has 0 bridgehead atoms. The fourth-order valence-electron chi connectivity index (χ4n) is 3.30. The van der Waals surface area contributed by atoms with Crippen LogP contribution in [0, 0.1) is 18.6 Å². The summed E-state index contributed by atoms with van der Waals surface area (Å²) in [5.41, 5.74) is 0.988. The van der Waals surface area contributed by atoms with E-state index < -0.39 is 28.5 Å². The maximum atomic E-state index is 14.0. The van der Waals surface area contributed by atoms with Crippen LogP contribution in [0.5, 0.6) is 0 Å². The van der Waals surface area contributed by atoms with Gasteiger partial charge in [-0.2, -0.15) is 0 Å². The van der Waals surface area contributed by atoms with Crippen molar-refractivity contribution in [1.82, 2.24) is 9.55 Å². The summed E-state index contributed by atoms with van der Waals surface area (Å²) in [5.74, 6) is -2.40. The van der Waals surface area contributed by atoms with Crippen molar-refractivity contribution in [3.63, 3.8) is 0 Å². The third-order valence-corrected chi connectivity index (χ3v) is 6.31. The molecule has 9 heteroatoms. The molecule has 0 aliphatic rings. The maximum Gasteiger partial charge on any atom is 0.266 e. The van der Waals surface area contributed by atoms with Crippen LogP contribution in [0.25, 0.3) is 16.6 Å². The first kappa shape index (κ1) is 22.9. The van der Waals surface area contributed by atoms with E-state index in [0.717, 1.165) is 29.5 Å². The van der Waals surface area contributed by atoms with Crippen molar-refractivity contribution in [2.45, 2.75) is 24.3 Å². The van der Waals surface area contributed by atoms with Crippen molar-refractivity contribution in [3.05, 3.63) is 93.2 Å². The summed E-state index contributed by atoms with van der Waals surface area (Å²) < 4.78 is 29.4. The molecule has 0 aliphatic carbocycles. The molecular weight excluding hydrogens is 468 g/mol. The van der Waals surface area contributed by atoms with Crippen molar-refractivity contribution in [3.8, 4) is 5.69 Å². The molecule has 0 saturated carbocycles. The molecule has 1 atom stereocenters. The molecule has 0 saturated heterocycles. The number of nitrogens with zero attached hydrogens (tertiary/aromatic N) is 2. The highest BCUT2D eigenvalue weighted by Gasteiger charge is 2.23. The van der Waals surface area contributed by atoms with Gasteiger partial charge in [-0.1, -0.05) is 47.6 Å². The number of aryl methyl sites for hydroxylation is 1. The summed E-state index contributed by atoms with van der Waals surface area (Å²) in [6.45, 7) is 3.43. The largest absolute Gasteiger partial charge is 0.320 e. The lowest BCUT2D eigenvalue weighted by Crippen LogP contribution is -2.27. The van der Waals surface area contributed by atoms with Crippen molar-refractivity contribution < 1.29 is 13.6 Å². The number of carbonyl (C=O) groups is 1. The highest BCUT2D eigenvalue weighted by molar-refractivity contribution is 8.00. The number of anilines is 1. The number of amides is 1. The lowest BCUT2D eigenvalue weighted by Gasteiger charge is -2.18. The Hall–Kier alpha value is -3.23. The van der Waals surface area contributed by atoms with Crippen LogP contribution in [0.1, 0.15) is 12.5 Å². The summed E-state index contributed by atoms with van der Waals surface area (Å²) in [6.07, 6.45) is 0. The predicted octanol–water partition coefficient (Wildman–Crippen LogP) is 5.75. The summed E-state index contributed by atoms with van der Waals surface area (Å²) in [6, 6.07) is 15.4. The Bertz CT molecular complexity index is 1420. The topological polar surface area (TPSA) is 64.0 Å². The second-order valence-electron chi connectivity index (χ2n) is 7.33. The minimum absolute atomic E-state index is 0.251. The molecule has 4 rings (SSSR count). The predicted molar refractivity (Wildman–Crippen MR) is 127 cm³/mol. The van der Waals surface area contributed by atoms with Gasteiger partial charge in [-0.05, 0) is 55.8 Å². The number of hydrogen-bond donors (Lipinski definition) is 1. The van der Waals surface area contributed by atoms with Crippen LogP contribution in [0.4, 0.5) is 14.5 Å². The third kappa shape index (κ3) is 4.62. The van der Waals surface area contributed by atoms with Crippen LogP contribution >= 0.6 is 23.4 Å². The molecule has 1 N–H and O–H groups in total. The zero-order chi connectivity index (χ0) is 23.7. The Morgan fingerprint density at radius 2 is 1.79 bits per heavy atom. The molecule has 1 heterocycles. The van der Waals surface area contributed by atoms with E-state index in [1.165, 1.54) is 10.6 Å². The molecule has 0 radical (unpaired) electrons. The van der Waals surface area contributed by atoms with Gasteiger partial charge >= 0.3 is 0 Å². The normalized spacial score (nSPS) is 12.0. The van der Waals surface area contributed by atoms with Gasteiger partial charge in [0.05, 0.1) is 21.8 Å². The van der Waals surface area contributed by atoms with E-state index in [-0.39, 0.29) is 10.7 Å². The average molecular weight is 486 g/mol. The van der Waals surface area contributed by atoms with E-state index in [1.54, 1.807) is 37.3 Å². The quantitative estimate of drug-likeness (QED) is 0.289. The Labute approximate surface area is 197 Å². The summed E-state index contributed by atoms with van der Waals surface area (Å²) in [4.78, 5) is 30.7. The molecule has 4 aromatic rings. The van der Waals surface area contributed by atoms with Crippen LogP contribution in [0.3, 0.4) is 0 Å². The molecule has 0 aliphatic heterocycles. The molecule has 168 valence electrons. The van der Waals surface area contributed by atoms with Gasteiger partial charge in [0.1, 0.15) is 17.3 Å². The highest BCUT2D eigenvalue weighted by Crippen LogP contribution is 2.28. The van der Waals surface area contributed by atoms with E-state index >= 15 is 0 Å². The van der Waals surface area contributed by atoms with Crippen molar-refractivity contribution >= 4 is 45.9 Å². The van der Waals surface area contributed by atoms with Gasteiger partial charge < -0.3 is 5.32 Å². The fourth-order valence-corrected chi connectivity index (χ4v) is 4.38. The summed E-state index contributed by atoms with van der Waals surface area (Å²) in [5, 5.41) is 2.49. The average Bonchev–Trinajstić information content (AvgIpc) is 2.77. The number of carbonyl (C=O) groups excluding carboxylic acids is 1. The standard InChI is InChI=1S/C24H18ClF2N3O2S/c1-13-6-3-4-9-20(13)30-23(32)16-11-10-15(25)12-19(16)28-24(30)33-14(2)22(31)29-21-17(26)7-5-8-18(21)27/h3-12,14H,1-2H3,(H,29,31). The monoisotopic (exact) mass is 485 g/mol. The Morgan fingerprint density at radius 3 is 2.48 bits per heavy atom. The smallest absolute Gasteiger partial charge is 0.266 e. The molecule has 0 fully saturated rings. The van der Waals surface area contributed by atoms with Crippen LogP contribution < -0.4 is 10.9 Å². The molecule has 0 spiro atoms. The molecule has 1 amide bonds. The van der Waals surface area contributed by atoms with Crippen molar-refractivity contribution in [2.75, 3.05) is 5.32 Å². The fraction of sp³-hybridized carbons (Fsp3) is 0.125. The van der Waals surface area contributed by atoms with Gasteiger partial charge in [0, 0.05) is 5.02 Å². The van der Waals surface area contributed by atoms with E-state index in [1.807, 2.05) is 19.1 Å². The van der Waals surface area contributed by atoms with Gasteiger partial charge in [-0.15, -0.1) is 0 Å². The zero-order valence-electron chi connectivity index (χ0n) is 17.6. The molecule has 33 heavy (non-hydrogen) atoms. The molecule has 3 aromatic carbocycles. The van der Waals surface area contributed by atoms with Gasteiger partial charge in [0.25, 0.3) is 5.56 Å². The van der Waals surface area contributed by atoms with Gasteiger partial charge in [0.2, 0.25) is 5.91 Å². The van der Waals surface area contributed by atoms with Crippen molar-refractivity contribution in [1.29, 1.82) is 0 Å². The van der Waals surface area contributed by atoms with Crippen LogP contribution in [0.15, 0.2) is 70.6 Å². The zero-order valence-corrected chi connectivity index (χ0v) is 19.2. The van der Waals surface area contributed by atoms with Crippen molar-refractivity contribution in [2.24, 2.45) is 0 Å². The Morgan fingerprint density at radius 1 is 1.09 bits per heavy atom. The number of thioether (sulfide) groups is 1. The first-order valence-electron chi connectivity index (χ1n) is 9.96. The van der Waals surface area contributed by atoms with Crippen LogP contribution in [-0.2, 0) is 4.79 Å². The molecule has 1 unspecified atom stereocenters. The molecular formula is C24H18ClF2N3O2S. The number of benzene rings is 3. The number of hydrogen-bond acceptors (Lipinski definition) is 4.